The lowest BCUT2D eigenvalue weighted by molar-refractivity contribution is 0.102. The highest BCUT2D eigenvalue weighted by Crippen LogP contribution is 2.20. The number of nitrogens with one attached hydrogen (secondary N) is 2. The average Bonchev–Trinajstić information content (AvgIpc) is 3.13. The summed E-state index contributed by atoms with van der Waals surface area (Å²) in [5.41, 5.74) is 2.95. The molecule has 1 amide bonds. The monoisotopic (exact) mass is 324 g/mol. The van der Waals surface area contributed by atoms with Crippen molar-refractivity contribution >= 4 is 11.6 Å². The van der Waals surface area contributed by atoms with Gasteiger partial charge in [-0.3, -0.25) is 14.6 Å². The number of hydrogen-bond acceptors (Lipinski definition) is 4. The Labute approximate surface area is 140 Å². The molecule has 0 spiro atoms. The minimum Gasteiger partial charge on any atom is -0.322 e. The summed E-state index contributed by atoms with van der Waals surface area (Å²) in [7, 11) is 0. The second-order valence-corrected chi connectivity index (χ2v) is 5.96. The van der Waals surface area contributed by atoms with Crippen LogP contribution in [0.2, 0.25) is 0 Å². The second-order valence-electron chi connectivity index (χ2n) is 5.96. The number of benzene rings is 1. The molecule has 2 aromatic heterocycles. The van der Waals surface area contributed by atoms with Crippen molar-refractivity contribution in [2.75, 3.05) is 5.32 Å². The van der Waals surface area contributed by atoms with E-state index in [4.69, 9.17) is 0 Å². The Balaban J connectivity index is 1.82. The Morgan fingerprint density at radius 1 is 1.29 bits per heavy atom. The molecule has 0 atom stereocenters. The lowest BCUT2D eigenvalue weighted by Gasteiger charge is -2.09. The van der Waals surface area contributed by atoms with E-state index >= 15 is 0 Å². The van der Waals surface area contributed by atoms with Gasteiger partial charge in [-0.05, 0) is 39.8 Å². The molecule has 0 saturated carbocycles. The average molecular weight is 324 g/mol. The van der Waals surface area contributed by atoms with Gasteiger partial charge in [0.25, 0.3) is 5.91 Å². The van der Waals surface area contributed by atoms with Crippen LogP contribution in [0.3, 0.4) is 0 Å². The zero-order valence-corrected chi connectivity index (χ0v) is 14.2. The molecular formula is C17H20N6O. The van der Waals surface area contributed by atoms with Crippen LogP contribution in [0.1, 0.15) is 41.8 Å². The van der Waals surface area contributed by atoms with Crippen molar-refractivity contribution in [2.24, 2.45) is 0 Å². The maximum Gasteiger partial charge on any atom is 0.259 e. The highest BCUT2D eigenvalue weighted by atomic mass is 16.1. The van der Waals surface area contributed by atoms with Crippen LogP contribution in [0.5, 0.6) is 0 Å². The van der Waals surface area contributed by atoms with Crippen LogP contribution in [0, 0.1) is 13.8 Å². The van der Waals surface area contributed by atoms with Gasteiger partial charge in [-0.2, -0.15) is 10.2 Å². The lowest BCUT2D eigenvalue weighted by Crippen LogP contribution is -2.14. The van der Waals surface area contributed by atoms with Crippen LogP contribution in [0.25, 0.3) is 11.4 Å². The van der Waals surface area contributed by atoms with E-state index in [0.29, 0.717) is 17.1 Å². The molecule has 0 unspecified atom stereocenters. The molecule has 3 rings (SSSR count). The molecule has 0 saturated heterocycles. The number of H-pyrrole nitrogens is 1. The molecule has 0 radical (unpaired) electrons. The Hall–Kier alpha value is -2.96. The minimum absolute atomic E-state index is 0.178. The zero-order valence-electron chi connectivity index (χ0n) is 14.2. The number of aryl methyl sites for hydroxylation is 1. The van der Waals surface area contributed by atoms with E-state index in [1.54, 1.807) is 6.20 Å². The van der Waals surface area contributed by atoms with Crippen LogP contribution in [-0.4, -0.2) is 30.9 Å². The molecule has 2 heterocycles. The standard InChI is InChI=1S/C17H20N6O/c1-10(2)23-11(3)15(9-18-23)17(24)20-14-7-5-6-13(8-14)16-19-12(4)21-22-16/h5-10H,1-4H3,(H,20,24)(H,19,21,22). The fourth-order valence-electron chi connectivity index (χ4n) is 2.57. The SMILES string of the molecule is Cc1nc(-c2cccc(NC(=O)c3cnn(C(C)C)c3C)c2)n[nH]1. The van der Waals surface area contributed by atoms with Gasteiger partial charge in [0.15, 0.2) is 5.82 Å². The van der Waals surface area contributed by atoms with E-state index in [2.05, 4.69) is 25.6 Å². The summed E-state index contributed by atoms with van der Waals surface area (Å²) in [5, 5.41) is 14.1. The Bertz CT molecular complexity index is 877. The third-order valence-corrected chi connectivity index (χ3v) is 3.75. The predicted octanol–water partition coefficient (Wildman–Crippen LogP) is 3.12. The predicted molar refractivity (Wildman–Crippen MR) is 91.9 cm³/mol. The highest BCUT2D eigenvalue weighted by Gasteiger charge is 2.16. The van der Waals surface area contributed by atoms with Crippen molar-refractivity contribution in [1.82, 2.24) is 25.0 Å². The lowest BCUT2D eigenvalue weighted by atomic mass is 10.1. The normalized spacial score (nSPS) is 11.0. The molecule has 0 bridgehead atoms. The first-order chi connectivity index (χ1) is 11.5. The first kappa shape index (κ1) is 15.9. The van der Waals surface area contributed by atoms with Crippen LogP contribution < -0.4 is 5.32 Å². The van der Waals surface area contributed by atoms with E-state index in [0.717, 1.165) is 17.1 Å². The third-order valence-electron chi connectivity index (χ3n) is 3.75. The van der Waals surface area contributed by atoms with Gasteiger partial charge in [0.05, 0.1) is 11.8 Å². The van der Waals surface area contributed by atoms with Crippen molar-refractivity contribution in [3.63, 3.8) is 0 Å². The number of hydrogen-bond donors (Lipinski definition) is 2. The summed E-state index contributed by atoms with van der Waals surface area (Å²) >= 11 is 0. The minimum atomic E-state index is -0.178. The number of aromatic amines is 1. The van der Waals surface area contributed by atoms with E-state index in [-0.39, 0.29) is 11.9 Å². The molecule has 0 aliphatic rings. The fourth-order valence-corrected chi connectivity index (χ4v) is 2.57. The van der Waals surface area contributed by atoms with E-state index in [9.17, 15) is 4.79 Å². The van der Waals surface area contributed by atoms with Crippen LogP contribution in [0.4, 0.5) is 5.69 Å². The number of rotatable bonds is 4. The first-order valence-corrected chi connectivity index (χ1v) is 7.80. The van der Waals surface area contributed by atoms with Crippen molar-refractivity contribution in [1.29, 1.82) is 0 Å². The second kappa shape index (κ2) is 6.27. The number of carbonyl (C=O) groups is 1. The van der Waals surface area contributed by atoms with Crippen LogP contribution in [-0.2, 0) is 0 Å². The van der Waals surface area contributed by atoms with E-state index in [1.165, 1.54) is 0 Å². The molecular weight excluding hydrogens is 304 g/mol. The maximum absolute atomic E-state index is 12.5. The highest BCUT2D eigenvalue weighted by molar-refractivity contribution is 6.05. The summed E-state index contributed by atoms with van der Waals surface area (Å²) in [6.07, 6.45) is 1.60. The Morgan fingerprint density at radius 3 is 2.71 bits per heavy atom. The maximum atomic E-state index is 12.5. The number of anilines is 1. The molecule has 1 aromatic carbocycles. The van der Waals surface area contributed by atoms with E-state index in [1.807, 2.05) is 56.6 Å². The van der Waals surface area contributed by atoms with Gasteiger partial charge in [-0.1, -0.05) is 12.1 Å². The van der Waals surface area contributed by atoms with Crippen molar-refractivity contribution in [3.8, 4) is 11.4 Å². The molecule has 0 aliphatic carbocycles. The number of nitrogens with zero attached hydrogens (tertiary/aromatic N) is 4. The summed E-state index contributed by atoms with van der Waals surface area (Å²) in [4.78, 5) is 16.8. The first-order valence-electron chi connectivity index (χ1n) is 7.80. The molecule has 2 N–H and O–H groups in total. The van der Waals surface area contributed by atoms with E-state index < -0.39 is 0 Å². The van der Waals surface area contributed by atoms with Crippen molar-refractivity contribution < 1.29 is 4.79 Å². The van der Waals surface area contributed by atoms with Gasteiger partial charge in [0.1, 0.15) is 5.82 Å². The van der Waals surface area contributed by atoms with Crippen molar-refractivity contribution in [3.05, 3.63) is 47.5 Å². The molecule has 3 aromatic rings. The number of amides is 1. The quantitative estimate of drug-likeness (QED) is 0.771. The zero-order chi connectivity index (χ0) is 17.3. The Kier molecular flexibility index (Phi) is 4.16. The molecule has 24 heavy (non-hydrogen) atoms. The van der Waals surface area contributed by atoms with Crippen LogP contribution in [0.15, 0.2) is 30.5 Å². The molecule has 7 heteroatoms. The van der Waals surface area contributed by atoms with Gasteiger partial charge in [-0.25, -0.2) is 4.98 Å². The third kappa shape index (κ3) is 3.05. The molecule has 7 nitrogen and oxygen atoms in total. The van der Waals surface area contributed by atoms with Crippen molar-refractivity contribution in [2.45, 2.75) is 33.7 Å². The Morgan fingerprint density at radius 2 is 2.08 bits per heavy atom. The van der Waals surface area contributed by atoms with Gasteiger partial charge in [0.2, 0.25) is 0 Å². The van der Waals surface area contributed by atoms with Gasteiger partial charge >= 0.3 is 0 Å². The summed E-state index contributed by atoms with van der Waals surface area (Å²) < 4.78 is 1.84. The number of carbonyl (C=O) groups excluding carboxylic acids is 1. The summed E-state index contributed by atoms with van der Waals surface area (Å²) in [6.45, 7) is 7.81. The summed E-state index contributed by atoms with van der Waals surface area (Å²) in [5.74, 6) is 1.17. The fraction of sp³-hybridized carbons (Fsp3) is 0.294. The van der Waals surface area contributed by atoms with Gasteiger partial charge < -0.3 is 5.32 Å². The smallest absolute Gasteiger partial charge is 0.259 e. The largest absolute Gasteiger partial charge is 0.322 e. The number of aromatic nitrogens is 5. The molecule has 124 valence electrons. The molecule has 0 fully saturated rings. The van der Waals surface area contributed by atoms with Gasteiger partial charge in [0, 0.05) is 23.0 Å². The topological polar surface area (TPSA) is 88.5 Å². The summed E-state index contributed by atoms with van der Waals surface area (Å²) in [6, 6.07) is 7.66. The van der Waals surface area contributed by atoms with Gasteiger partial charge in [-0.15, -0.1) is 0 Å². The van der Waals surface area contributed by atoms with Crippen LogP contribution >= 0.6 is 0 Å². The molecule has 0 aliphatic heterocycles.